The lowest BCUT2D eigenvalue weighted by Gasteiger charge is -2.12. The summed E-state index contributed by atoms with van der Waals surface area (Å²) in [7, 11) is -3.90. The van der Waals surface area contributed by atoms with Crippen molar-refractivity contribution in [3.05, 3.63) is 65.9 Å². The maximum absolute atomic E-state index is 13.0. The molecule has 0 spiro atoms. The third-order valence-electron chi connectivity index (χ3n) is 3.41. The fraction of sp³-hybridized carbons (Fsp3) is 0.0588. The molecule has 0 unspecified atom stereocenters. The van der Waals surface area contributed by atoms with Crippen molar-refractivity contribution in [2.45, 2.75) is 11.1 Å². The van der Waals surface area contributed by atoms with Gasteiger partial charge in [-0.3, -0.25) is 4.79 Å². The lowest BCUT2D eigenvalue weighted by molar-refractivity contribution is -0.136. The molecule has 0 aromatic heterocycles. The summed E-state index contributed by atoms with van der Waals surface area (Å²) in [4.78, 5) is 11.9. The van der Waals surface area contributed by atoms with Gasteiger partial charge in [0.15, 0.2) is 0 Å². The molecule has 146 valence electrons. The number of nitriles is 1. The Kier molecular flexibility index (Phi) is 6.07. The molecule has 0 saturated heterocycles. The number of benzene rings is 2. The smallest absolute Gasteiger partial charge is 0.360 e. The lowest BCUT2D eigenvalue weighted by atomic mass is 10.1. The normalized spacial score (nSPS) is 12.2. The number of sulfonamides is 1. The Hall–Kier alpha value is -3.36. The molecule has 0 bridgehead atoms. The van der Waals surface area contributed by atoms with Crippen LogP contribution in [0.25, 0.3) is 0 Å². The van der Waals surface area contributed by atoms with Crippen molar-refractivity contribution in [3.8, 4) is 6.07 Å². The second-order valence-electron chi connectivity index (χ2n) is 5.38. The summed E-state index contributed by atoms with van der Waals surface area (Å²) < 4.78 is 61.3. The predicted molar refractivity (Wildman–Crippen MR) is 95.2 cm³/mol. The number of primary sulfonamides is 1. The lowest BCUT2D eigenvalue weighted by Crippen LogP contribution is -2.16. The van der Waals surface area contributed by atoms with E-state index in [-0.39, 0.29) is 16.3 Å². The van der Waals surface area contributed by atoms with E-state index in [1.54, 1.807) is 6.07 Å². The zero-order chi connectivity index (χ0) is 20.9. The van der Waals surface area contributed by atoms with Gasteiger partial charge in [-0.15, -0.1) is 0 Å². The minimum absolute atomic E-state index is 0.161. The fourth-order valence-electron chi connectivity index (χ4n) is 2.08. The van der Waals surface area contributed by atoms with E-state index in [2.05, 4.69) is 10.6 Å². The van der Waals surface area contributed by atoms with Crippen molar-refractivity contribution >= 4 is 27.3 Å². The number of nitrogens with two attached hydrogens (primary N) is 1. The molecular weight excluding hydrogens is 397 g/mol. The van der Waals surface area contributed by atoms with Crippen LogP contribution in [0.15, 0.2) is 65.2 Å². The summed E-state index contributed by atoms with van der Waals surface area (Å²) in [5.41, 5.74) is -1.61. The molecule has 0 aliphatic heterocycles. The number of anilines is 2. The number of rotatable bonds is 5. The van der Waals surface area contributed by atoms with Gasteiger partial charge < -0.3 is 10.6 Å². The molecule has 0 saturated carbocycles. The molecule has 2 rings (SSSR count). The van der Waals surface area contributed by atoms with Crippen molar-refractivity contribution in [1.82, 2.24) is 0 Å². The number of amides is 1. The van der Waals surface area contributed by atoms with E-state index in [1.807, 2.05) is 0 Å². The maximum atomic E-state index is 13.0. The van der Waals surface area contributed by atoms with Gasteiger partial charge in [0, 0.05) is 11.9 Å². The van der Waals surface area contributed by atoms with Crippen LogP contribution in [-0.2, 0) is 21.0 Å². The molecule has 7 nitrogen and oxygen atoms in total. The summed E-state index contributed by atoms with van der Waals surface area (Å²) in [5, 5.41) is 18.7. The van der Waals surface area contributed by atoms with Gasteiger partial charge in [0.2, 0.25) is 10.0 Å². The Labute approximate surface area is 158 Å². The molecule has 4 N–H and O–H groups in total. The molecule has 0 fully saturated rings. The number of para-hydroxylation sites is 1. The summed E-state index contributed by atoms with van der Waals surface area (Å²) in [6.45, 7) is 0. The first-order chi connectivity index (χ1) is 13.0. The van der Waals surface area contributed by atoms with Crippen LogP contribution in [-0.4, -0.2) is 14.3 Å². The van der Waals surface area contributed by atoms with Crippen LogP contribution >= 0.6 is 0 Å². The van der Waals surface area contributed by atoms with Gasteiger partial charge in [-0.25, -0.2) is 13.6 Å². The number of hydrogen-bond donors (Lipinski definition) is 3. The highest BCUT2D eigenvalue weighted by atomic mass is 32.2. The number of nitrogens with zero attached hydrogens (tertiary/aromatic N) is 1. The molecule has 2 aromatic rings. The molecule has 0 radical (unpaired) electrons. The summed E-state index contributed by atoms with van der Waals surface area (Å²) in [6.07, 6.45) is -3.77. The fourth-order valence-corrected chi connectivity index (χ4v) is 2.60. The van der Waals surface area contributed by atoms with Crippen LogP contribution in [0.2, 0.25) is 0 Å². The number of carbonyl (C=O) groups is 1. The Bertz CT molecular complexity index is 1060. The minimum Gasteiger partial charge on any atom is -0.360 e. The quantitative estimate of drug-likeness (QED) is 0.516. The van der Waals surface area contributed by atoms with Gasteiger partial charge in [-0.05, 0) is 36.4 Å². The summed E-state index contributed by atoms with van der Waals surface area (Å²) >= 11 is 0. The zero-order valence-corrected chi connectivity index (χ0v) is 14.8. The molecule has 28 heavy (non-hydrogen) atoms. The van der Waals surface area contributed by atoms with E-state index in [4.69, 9.17) is 10.4 Å². The van der Waals surface area contributed by atoms with E-state index < -0.39 is 33.2 Å². The van der Waals surface area contributed by atoms with E-state index in [9.17, 15) is 26.4 Å². The van der Waals surface area contributed by atoms with Crippen molar-refractivity contribution in [1.29, 1.82) is 5.26 Å². The van der Waals surface area contributed by atoms with Gasteiger partial charge in [-0.1, -0.05) is 12.1 Å². The SMILES string of the molecule is N#C/C(=C/Nc1ccccc1C(F)(F)F)C(=O)Nc1ccc(S(N)(=O)=O)cc1. The van der Waals surface area contributed by atoms with Gasteiger partial charge >= 0.3 is 6.18 Å². The third-order valence-corrected chi connectivity index (χ3v) is 4.34. The molecular formula is C17H13F3N4O3S. The molecule has 0 heterocycles. The van der Waals surface area contributed by atoms with Crippen LogP contribution in [0, 0.1) is 11.3 Å². The number of nitrogens with one attached hydrogen (secondary N) is 2. The Morgan fingerprint density at radius 2 is 1.71 bits per heavy atom. The highest BCUT2D eigenvalue weighted by molar-refractivity contribution is 7.89. The topological polar surface area (TPSA) is 125 Å². The highest BCUT2D eigenvalue weighted by Gasteiger charge is 2.33. The second-order valence-corrected chi connectivity index (χ2v) is 6.94. The van der Waals surface area contributed by atoms with Crippen molar-refractivity contribution in [3.63, 3.8) is 0 Å². The average Bonchev–Trinajstić information content (AvgIpc) is 2.61. The molecule has 0 atom stereocenters. The Morgan fingerprint density at radius 1 is 1.11 bits per heavy atom. The minimum atomic E-state index is -4.61. The second kappa shape index (κ2) is 8.12. The number of hydrogen-bond acceptors (Lipinski definition) is 5. The van der Waals surface area contributed by atoms with Gasteiger partial charge in [0.1, 0.15) is 11.6 Å². The number of alkyl halides is 3. The van der Waals surface area contributed by atoms with E-state index in [0.29, 0.717) is 0 Å². The molecule has 2 aromatic carbocycles. The standard InChI is InChI=1S/C17H13F3N4O3S/c18-17(19,20)14-3-1-2-4-15(14)23-10-11(9-21)16(25)24-12-5-7-13(8-6-12)28(22,26)27/h1-8,10,23H,(H,24,25)(H2,22,26,27)/b11-10-. The molecule has 0 aliphatic rings. The monoisotopic (exact) mass is 410 g/mol. The summed E-state index contributed by atoms with van der Waals surface area (Å²) in [5.74, 6) is -0.900. The van der Waals surface area contributed by atoms with Gasteiger partial charge in [0.05, 0.1) is 16.1 Å². The van der Waals surface area contributed by atoms with E-state index in [0.717, 1.165) is 30.5 Å². The largest absolute Gasteiger partial charge is 0.418 e. The van der Waals surface area contributed by atoms with Gasteiger partial charge in [0.25, 0.3) is 5.91 Å². The predicted octanol–water partition coefficient (Wildman–Crippen LogP) is 2.81. The summed E-state index contributed by atoms with van der Waals surface area (Å²) in [6, 6.07) is 11.0. The van der Waals surface area contributed by atoms with Crippen LogP contribution in [0.4, 0.5) is 24.5 Å². The molecule has 1 amide bonds. The number of carbonyl (C=O) groups excluding carboxylic acids is 1. The van der Waals surface area contributed by atoms with Crippen LogP contribution in [0.5, 0.6) is 0 Å². The van der Waals surface area contributed by atoms with Crippen LogP contribution in [0.1, 0.15) is 5.56 Å². The number of halogens is 3. The van der Waals surface area contributed by atoms with E-state index in [1.165, 1.54) is 24.3 Å². The van der Waals surface area contributed by atoms with E-state index >= 15 is 0 Å². The zero-order valence-electron chi connectivity index (χ0n) is 14.0. The third kappa shape index (κ3) is 5.32. The van der Waals surface area contributed by atoms with Crippen molar-refractivity contribution in [2.75, 3.05) is 10.6 Å². The highest BCUT2D eigenvalue weighted by Crippen LogP contribution is 2.34. The Balaban J connectivity index is 2.17. The van der Waals surface area contributed by atoms with Crippen LogP contribution < -0.4 is 15.8 Å². The first kappa shape index (κ1) is 20.9. The van der Waals surface area contributed by atoms with Crippen LogP contribution in [0.3, 0.4) is 0 Å². The maximum Gasteiger partial charge on any atom is 0.418 e. The molecule has 11 heteroatoms. The first-order valence-electron chi connectivity index (χ1n) is 7.49. The first-order valence-corrected chi connectivity index (χ1v) is 9.04. The average molecular weight is 410 g/mol. The van der Waals surface area contributed by atoms with Gasteiger partial charge in [-0.2, -0.15) is 18.4 Å². The Morgan fingerprint density at radius 3 is 2.25 bits per heavy atom. The van der Waals surface area contributed by atoms with Crippen molar-refractivity contribution in [2.24, 2.45) is 5.14 Å². The van der Waals surface area contributed by atoms with Crippen molar-refractivity contribution < 1.29 is 26.4 Å². The molecule has 0 aliphatic carbocycles.